The van der Waals surface area contributed by atoms with Crippen LogP contribution in [0.25, 0.3) is 11.4 Å². The van der Waals surface area contributed by atoms with E-state index in [2.05, 4.69) is 15.5 Å². The minimum absolute atomic E-state index is 0.0540. The van der Waals surface area contributed by atoms with Crippen LogP contribution in [0, 0.1) is 5.92 Å². The summed E-state index contributed by atoms with van der Waals surface area (Å²) in [5.41, 5.74) is -0.162. The first-order chi connectivity index (χ1) is 15.7. The second-order valence-corrected chi connectivity index (χ2v) is 8.62. The molecule has 6 nitrogen and oxygen atoms in total. The summed E-state index contributed by atoms with van der Waals surface area (Å²) in [4.78, 5) is 19.1. The highest BCUT2D eigenvalue weighted by molar-refractivity contribution is 6.31. The molecule has 11 heteroatoms. The van der Waals surface area contributed by atoms with Gasteiger partial charge < -0.3 is 9.84 Å². The van der Waals surface area contributed by atoms with Gasteiger partial charge in [0, 0.05) is 22.8 Å². The van der Waals surface area contributed by atoms with Crippen LogP contribution in [0.1, 0.15) is 24.3 Å². The summed E-state index contributed by atoms with van der Waals surface area (Å²) >= 11 is 11.5. The zero-order valence-corrected chi connectivity index (χ0v) is 18.7. The number of nitrogens with one attached hydrogen (secondary N) is 1. The quantitative estimate of drug-likeness (QED) is 0.473. The molecule has 0 radical (unpaired) electrons. The molecule has 1 N–H and O–H groups in total. The molecule has 1 aromatic heterocycles. The van der Waals surface area contributed by atoms with Gasteiger partial charge in [-0.25, -0.2) is 0 Å². The van der Waals surface area contributed by atoms with Gasteiger partial charge in [0.25, 0.3) is 0 Å². The number of likely N-dealkylation sites (tertiary alicyclic amines) is 1. The van der Waals surface area contributed by atoms with Gasteiger partial charge in [-0.05, 0) is 61.9 Å². The lowest BCUT2D eigenvalue weighted by Crippen LogP contribution is -2.40. The number of nitrogens with zero attached hydrogens (tertiary/aromatic N) is 3. The Labute approximate surface area is 197 Å². The third-order valence-electron chi connectivity index (χ3n) is 5.34. The molecule has 2 heterocycles. The van der Waals surface area contributed by atoms with Crippen molar-refractivity contribution in [3.05, 3.63) is 64.0 Å². The van der Waals surface area contributed by atoms with Crippen molar-refractivity contribution >= 4 is 34.8 Å². The monoisotopic (exact) mass is 498 g/mol. The minimum atomic E-state index is -4.60. The average Bonchev–Trinajstić information content (AvgIpc) is 3.23. The number of hydrogen-bond donors (Lipinski definition) is 1. The lowest BCUT2D eigenvalue weighted by atomic mass is 9.97. The number of carbonyl (C=O) groups excluding carboxylic acids is 1. The number of anilines is 1. The van der Waals surface area contributed by atoms with Gasteiger partial charge in [0.05, 0.1) is 23.0 Å². The fourth-order valence-electron chi connectivity index (χ4n) is 3.70. The minimum Gasteiger partial charge on any atom is -0.338 e. The Morgan fingerprint density at radius 3 is 2.67 bits per heavy atom. The van der Waals surface area contributed by atoms with Crippen LogP contribution in [0.5, 0.6) is 0 Å². The molecule has 33 heavy (non-hydrogen) atoms. The number of piperidine rings is 1. The molecule has 1 amide bonds. The van der Waals surface area contributed by atoms with Crippen LogP contribution in [-0.2, 0) is 17.5 Å². The normalized spacial score (nSPS) is 17.2. The average molecular weight is 499 g/mol. The number of halogens is 5. The fourth-order valence-corrected chi connectivity index (χ4v) is 4.06. The predicted octanol–water partition coefficient (Wildman–Crippen LogP) is 5.91. The zero-order valence-electron chi connectivity index (χ0n) is 17.2. The second kappa shape index (κ2) is 9.70. The van der Waals surface area contributed by atoms with Gasteiger partial charge in [0.1, 0.15) is 0 Å². The van der Waals surface area contributed by atoms with Crippen LogP contribution in [0.3, 0.4) is 0 Å². The molecule has 1 aliphatic rings. The lowest BCUT2D eigenvalue weighted by molar-refractivity contribution is -0.137. The smallest absolute Gasteiger partial charge is 0.338 e. The van der Waals surface area contributed by atoms with Crippen LogP contribution >= 0.6 is 23.2 Å². The van der Waals surface area contributed by atoms with Crippen LogP contribution in [0.2, 0.25) is 10.0 Å². The summed E-state index contributed by atoms with van der Waals surface area (Å²) in [5.74, 6) is 0.120. The van der Waals surface area contributed by atoms with E-state index in [1.54, 1.807) is 24.3 Å². The number of amides is 1. The molecular weight excluding hydrogens is 480 g/mol. The highest BCUT2D eigenvalue weighted by Crippen LogP contribution is 2.36. The molecule has 1 fully saturated rings. The van der Waals surface area contributed by atoms with Gasteiger partial charge in [-0.15, -0.1) is 0 Å². The van der Waals surface area contributed by atoms with E-state index in [0.29, 0.717) is 36.2 Å². The molecule has 1 aliphatic heterocycles. The Hall–Kier alpha value is -2.62. The number of aromatic nitrogens is 2. The third kappa shape index (κ3) is 5.85. The Bertz CT molecular complexity index is 1140. The van der Waals surface area contributed by atoms with Gasteiger partial charge in [0.15, 0.2) is 0 Å². The summed E-state index contributed by atoms with van der Waals surface area (Å²) in [7, 11) is 0. The maximum absolute atomic E-state index is 13.1. The number of hydrogen-bond acceptors (Lipinski definition) is 5. The molecule has 2 aromatic carbocycles. The largest absolute Gasteiger partial charge is 0.417 e. The zero-order chi connectivity index (χ0) is 23.6. The Morgan fingerprint density at radius 1 is 1.18 bits per heavy atom. The number of carbonyl (C=O) groups is 1. The van der Waals surface area contributed by atoms with E-state index < -0.39 is 16.8 Å². The van der Waals surface area contributed by atoms with Gasteiger partial charge in [-0.2, -0.15) is 18.2 Å². The van der Waals surface area contributed by atoms with E-state index in [1.807, 2.05) is 4.90 Å². The van der Waals surface area contributed by atoms with Crippen molar-refractivity contribution in [2.24, 2.45) is 5.92 Å². The first-order valence-electron chi connectivity index (χ1n) is 10.2. The van der Waals surface area contributed by atoms with Crippen LogP contribution in [-0.4, -0.2) is 34.0 Å². The first-order valence-corrected chi connectivity index (χ1v) is 10.9. The standard InChI is InChI=1S/C22H19Cl2F3N4O2/c23-15-5-3-13(4-6-15)20-29-19(33-30-20)12-31-9-1-2-14(11-31)21(32)28-16-7-8-18(24)17(10-16)22(25,26)27/h3-8,10,14H,1-2,9,11-12H2,(H,28,32). The Balaban J connectivity index is 1.38. The van der Waals surface area contributed by atoms with Crippen molar-refractivity contribution < 1.29 is 22.5 Å². The summed E-state index contributed by atoms with van der Waals surface area (Å²) in [6.45, 7) is 1.52. The fraction of sp³-hybridized carbons (Fsp3) is 0.318. The van der Waals surface area contributed by atoms with E-state index in [9.17, 15) is 18.0 Å². The van der Waals surface area contributed by atoms with Crippen molar-refractivity contribution in [2.45, 2.75) is 25.6 Å². The molecular formula is C22H19Cl2F3N4O2. The van der Waals surface area contributed by atoms with Crippen LogP contribution in [0.15, 0.2) is 47.0 Å². The Morgan fingerprint density at radius 2 is 1.94 bits per heavy atom. The molecule has 0 aliphatic carbocycles. The van der Waals surface area contributed by atoms with Crippen LogP contribution in [0.4, 0.5) is 18.9 Å². The van der Waals surface area contributed by atoms with Crippen molar-refractivity contribution in [1.82, 2.24) is 15.0 Å². The first kappa shape index (κ1) is 23.5. The van der Waals surface area contributed by atoms with Crippen molar-refractivity contribution in [1.29, 1.82) is 0 Å². The summed E-state index contributed by atoms with van der Waals surface area (Å²) in [5, 5.41) is 6.76. The molecule has 0 saturated carbocycles. The maximum Gasteiger partial charge on any atom is 0.417 e. The maximum atomic E-state index is 13.1. The molecule has 0 spiro atoms. The molecule has 1 saturated heterocycles. The highest BCUT2D eigenvalue weighted by atomic mass is 35.5. The predicted molar refractivity (Wildman–Crippen MR) is 118 cm³/mol. The Kier molecular flexibility index (Phi) is 6.92. The lowest BCUT2D eigenvalue weighted by Gasteiger charge is -2.30. The van der Waals surface area contributed by atoms with Gasteiger partial charge >= 0.3 is 6.18 Å². The molecule has 4 rings (SSSR count). The topological polar surface area (TPSA) is 71.3 Å². The number of alkyl halides is 3. The highest BCUT2D eigenvalue weighted by Gasteiger charge is 2.34. The van der Waals surface area contributed by atoms with Crippen molar-refractivity contribution in [3.63, 3.8) is 0 Å². The molecule has 0 bridgehead atoms. The van der Waals surface area contributed by atoms with Gasteiger partial charge in [0.2, 0.25) is 17.6 Å². The summed E-state index contributed by atoms with van der Waals surface area (Å²) in [6, 6.07) is 10.4. The molecule has 1 unspecified atom stereocenters. The van der Waals surface area contributed by atoms with E-state index in [0.717, 1.165) is 30.7 Å². The van der Waals surface area contributed by atoms with Crippen molar-refractivity contribution in [3.8, 4) is 11.4 Å². The summed E-state index contributed by atoms with van der Waals surface area (Å²) < 4.78 is 44.6. The number of rotatable bonds is 5. The van der Waals surface area contributed by atoms with E-state index >= 15 is 0 Å². The molecule has 3 aromatic rings. The SMILES string of the molecule is O=C(Nc1ccc(Cl)c(C(F)(F)F)c1)C1CCCN(Cc2nc(-c3ccc(Cl)cc3)no2)C1. The number of benzene rings is 2. The van der Waals surface area contributed by atoms with E-state index in [4.69, 9.17) is 27.7 Å². The second-order valence-electron chi connectivity index (χ2n) is 7.77. The van der Waals surface area contributed by atoms with E-state index in [-0.39, 0.29) is 17.5 Å². The third-order valence-corrected chi connectivity index (χ3v) is 5.93. The molecule has 1 atom stereocenters. The van der Waals surface area contributed by atoms with Gasteiger partial charge in [-0.3, -0.25) is 9.69 Å². The van der Waals surface area contributed by atoms with Crippen LogP contribution < -0.4 is 5.32 Å². The summed E-state index contributed by atoms with van der Waals surface area (Å²) in [6.07, 6.45) is -3.22. The molecule has 174 valence electrons. The van der Waals surface area contributed by atoms with E-state index in [1.165, 1.54) is 6.07 Å². The van der Waals surface area contributed by atoms with Gasteiger partial charge in [-0.1, -0.05) is 28.4 Å². The van der Waals surface area contributed by atoms with Crippen molar-refractivity contribution in [2.75, 3.05) is 18.4 Å².